The van der Waals surface area contributed by atoms with Crippen LogP contribution in [0.2, 0.25) is 0 Å². The van der Waals surface area contributed by atoms with Gasteiger partial charge < -0.3 is 15.4 Å². The van der Waals surface area contributed by atoms with Gasteiger partial charge in [-0.15, -0.1) is 24.8 Å². The van der Waals surface area contributed by atoms with Crippen LogP contribution < -0.4 is 15.4 Å². The zero-order valence-corrected chi connectivity index (χ0v) is 15.4. The molecule has 0 spiro atoms. The molecule has 0 bridgehead atoms. The molecule has 0 saturated carbocycles. The summed E-state index contributed by atoms with van der Waals surface area (Å²) >= 11 is 0. The number of pyridine rings is 1. The Morgan fingerprint density at radius 3 is 2.76 bits per heavy atom. The van der Waals surface area contributed by atoms with E-state index >= 15 is 0 Å². The number of hydrogen-bond donors (Lipinski definition) is 2. The predicted octanol–water partition coefficient (Wildman–Crippen LogP) is 4.05. The second-order valence-corrected chi connectivity index (χ2v) is 5.73. The number of ether oxygens (including phenoxy) is 1. The van der Waals surface area contributed by atoms with Crippen molar-refractivity contribution in [3.8, 4) is 11.5 Å². The van der Waals surface area contributed by atoms with Crippen molar-refractivity contribution >= 4 is 36.4 Å². The summed E-state index contributed by atoms with van der Waals surface area (Å²) in [4.78, 5) is 16.2. The highest BCUT2D eigenvalue weighted by atomic mass is 35.5. The van der Waals surface area contributed by atoms with Crippen LogP contribution in [0, 0.1) is 5.92 Å². The van der Waals surface area contributed by atoms with Crippen molar-refractivity contribution in [1.82, 2.24) is 10.3 Å². The lowest BCUT2D eigenvalue weighted by Gasteiger charge is -2.12. The van der Waals surface area contributed by atoms with Crippen molar-refractivity contribution in [3.63, 3.8) is 0 Å². The number of carbonyl (C=O) groups is 1. The largest absolute Gasteiger partial charge is 0.455 e. The summed E-state index contributed by atoms with van der Waals surface area (Å²) in [5, 5.41) is 6.23. The minimum absolute atomic E-state index is 0. The summed E-state index contributed by atoms with van der Waals surface area (Å²) in [7, 11) is 0. The molecule has 1 fully saturated rings. The molecular weight excluding hydrogens is 361 g/mol. The highest BCUT2D eigenvalue weighted by Crippen LogP contribution is 2.28. The van der Waals surface area contributed by atoms with E-state index in [4.69, 9.17) is 4.74 Å². The van der Waals surface area contributed by atoms with Crippen molar-refractivity contribution in [3.05, 3.63) is 48.8 Å². The first-order valence-electron chi connectivity index (χ1n) is 7.99. The van der Waals surface area contributed by atoms with Crippen molar-refractivity contribution in [1.29, 1.82) is 0 Å². The van der Waals surface area contributed by atoms with Gasteiger partial charge in [0.1, 0.15) is 11.4 Å². The number of rotatable bonds is 6. The Kier molecular flexibility index (Phi) is 9.27. The first kappa shape index (κ1) is 21.2. The molecule has 1 atom stereocenters. The molecule has 2 N–H and O–H groups in total. The van der Waals surface area contributed by atoms with E-state index in [-0.39, 0.29) is 30.7 Å². The molecule has 3 rings (SSSR count). The maximum absolute atomic E-state index is 12.2. The van der Waals surface area contributed by atoms with Crippen LogP contribution in [0.15, 0.2) is 48.8 Å². The lowest BCUT2D eigenvalue weighted by atomic mass is 10.0. The molecule has 1 amide bonds. The number of nitrogens with zero attached hydrogens (tertiary/aromatic N) is 1. The van der Waals surface area contributed by atoms with Crippen molar-refractivity contribution in [2.45, 2.75) is 19.3 Å². The van der Waals surface area contributed by atoms with Crippen molar-refractivity contribution in [2.75, 3.05) is 18.4 Å². The summed E-state index contributed by atoms with van der Waals surface area (Å²) in [6.07, 6.45) is 5.86. The Morgan fingerprint density at radius 1 is 1.24 bits per heavy atom. The third kappa shape index (κ3) is 6.53. The maximum Gasteiger partial charge on any atom is 0.224 e. The van der Waals surface area contributed by atoms with E-state index < -0.39 is 0 Å². The summed E-state index contributed by atoms with van der Waals surface area (Å²) < 4.78 is 5.82. The summed E-state index contributed by atoms with van der Waals surface area (Å²) in [5.41, 5.74) is 0.603. The summed E-state index contributed by atoms with van der Waals surface area (Å²) in [6, 6.07) is 11.2. The molecule has 1 aromatic heterocycles. The average Bonchev–Trinajstić information content (AvgIpc) is 3.09. The van der Waals surface area contributed by atoms with Crippen molar-refractivity contribution in [2.24, 2.45) is 5.92 Å². The van der Waals surface area contributed by atoms with Crippen LogP contribution in [0.25, 0.3) is 0 Å². The quantitative estimate of drug-likeness (QED) is 0.789. The number of carbonyl (C=O) groups excluding carboxylic acids is 1. The lowest BCUT2D eigenvalue weighted by molar-refractivity contribution is -0.116. The molecule has 1 aromatic carbocycles. The van der Waals surface area contributed by atoms with Gasteiger partial charge in [-0.05, 0) is 44.0 Å². The highest BCUT2D eigenvalue weighted by Gasteiger charge is 2.16. The Morgan fingerprint density at radius 2 is 2.04 bits per heavy atom. The number of nitrogens with one attached hydrogen (secondary N) is 2. The van der Waals surface area contributed by atoms with Gasteiger partial charge in [0.15, 0.2) is 5.75 Å². The number of hydrogen-bond acceptors (Lipinski definition) is 4. The fraction of sp³-hybridized carbons (Fsp3) is 0.333. The first-order valence-corrected chi connectivity index (χ1v) is 7.99. The normalized spacial score (nSPS) is 15.6. The van der Waals surface area contributed by atoms with E-state index in [9.17, 15) is 4.79 Å². The predicted molar refractivity (Wildman–Crippen MR) is 104 cm³/mol. The molecule has 0 aliphatic carbocycles. The molecule has 2 heterocycles. The van der Waals surface area contributed by atoms with Gasteiger partial charge in [-0.3, -0.25) is 9.78 Å². The van der Waals surface area contributed by atoms with Crippen LogP contribution >= 0.6 is 24.8 Å². The molecule has 0 radical (unpaired) electrons. The highest BCUT2D eigenvalue weighted by molar-refractivity contribution is 5.92. The van der Waals surface area contributed by atoms with Gasteiger partial charge in [0.25, 0.3) is 0 Å². The van der Waals surface area contributed by atoms with Gasteiger partial charge in [-0.25, -0.2) is 0 Å². The number of para-hydroxylation sites is 1. The Balaban J connectivity index is 0.00000156. The van der Waals surface area contributed by atoms with Gasteiger partial charge in [-0.1, -0.05) is 18.2 Å². The van der Waals surface area contributed by atoms with E-state index in [1.165, 1.54) is 0 Å². The smallest absolute Gasteiger partial charge is 0.224 e. The van der Waals surface area contributed by atoms with E-state index in [2.05, 4.69) is 15.6 Å². The minimum Gasteiger partial charge on any atom is -0.455 e. The molecule has 1 unspecified atom stereocenters. The Hall–Kier alpha value is -1.82. The van der Waals surface area contributed by atoms with E-state index in [0.29, 0.717) is 23.8 Å². The van der Waals surface area contributed by atoms with Crippen LogP contribution in [0.1, 0.15) is 19.3 Å². The molecule has 1 aliphatic rings. The van der Waals surface area contributed by atoms with E-state index in [0.717, 1.165) is 31.7 Å². The second-order valence-electron chi connectivity index (χ2n) is 5.73. The zero-order chi connectivity index (χ0) is 15.9. The van der Waals surface area contributed by atoms with E-state index in [1.807, 2.05) is 30.3 Å². The Labute approximate surface area is 160 Å². The third-order valence-electron chi connectivity index (χ3n) is 3.97. The second kappa shape index (κ2) is 10.9. The van der Waals surface area contributed by atoms with Crippen LogP contribution in [0.3, 0.4) is 0 Å². The number of amides is 1. The SMILES string of the molecule is Cl.Cl.O=C(CCC1CCNC1)Nc1cnccc1Oc1ccccc1. The summed E-state index contributed by atoms with van der Waals surface area (Å²) in [5.74, 6) is 1.94. The average molecular weight is 384 g/mol. The monoisotopic (exact) mass is 383 g/mol. The van der Waals surface area contributed by atoms with Gasteiger partial charge in [0.05, 0.1) is 6.20 Å². The molecule has 1 aliphatic heterocycles. The maximum atomic E-state index is 12.2. The molecule has 7 heteroatoms. The van der Waals surface area contributed by atoms with Gasteiger partial charge in [0.2, 0.25) is 5.91 Å². The number of anilines is 1. The molecule has 25 heavy (non-hydrogen) atoms. The van der Waals surface area contributed by atoms with E-state index in [1.54, 1.807) is 18.5 Å². The first-order chi connectivity index (χ1) is 11.3. The topological polar surface area (TPSA) is 63.2 Å². The van der Waals surface area contributed by atoms with Crippen LogP contribution in [-0.4, -0.2) is 24.0 Å². The fourth-order valence-corrected chi connectivity index (χ4v) is 2.69. The number of benzene rings is 1. The van der Waals surface area contributed by atoms with Crippen molar-refractivity contribution < 1.29 is 9.53 Å². The number of aromatic nitrogens is 1. The summed E-state index contributed by atoms with van der Waals surface area (Å²) in [6.45, 7) is 2.08. The standard InChI is InChI=1S/C18H21N3O2.2ClH/c22-18(7-6-14-8-10-19-12-14)21-16-13-20-11-9-17(16)23-15-4-2-1-3-5-15;;/h1-5,9,11,13-14,19H,6-8,10,12H2,(H,21,22);2*1H. The molecule has 2 aromatic rings. The van der Waals surface area contributed by atoms with Gasteiger partial charge in [0, 0.05) is 18.7 Å². The van der Waals surface area contributed by atoms with Crippen LogP contribution in [0.4, 0.5) is 5.69 Å². The molecule has 136 valence electrons. The Bertz CT molecular complexity index is 650. The number of halogens is 2. The zero-order valence-electron chi connectivity index (χ0n) is 13.8. The third-order valence-corrected chi connectivity index (χ3v) is 3.97. The van der Waals surface area contributed by atoms with Gasteiger partial charge in [-0.2, -0.15) is 0 Å². The van der Waals surface area contributed by atoms with Gasteiger partial charge >= 0.3 is 0 Å². The van der Waals surface area contributed by atoms with Crippen LogP contribution in [-0.2, 0) is 4.79 Å². The molecular formula is C18H23Cl2N3O2. The van der Waals surface area contributed by atoms with Crippen LogP contribution in [0.5, 0.6) is 11.5 Å². The fourth-order valence-electron chi connectivity index (χ4n) is 2.69. The lowest BCUT2D eigenvalue weighted by Crippen LogP contribution is -2.15. The molecule has 1 saturated heterocycles. The molecule has 5 nitrogen and oxygen atoms in total. The minimum atomic E-state index is 0.